The number of rotatable bonds is 3. The van der Waals surface area contributed by atoms with Crippen LogP contribution in [0, 0.1) is 6.92 Å². The molecule has 0 aliphatic heterocycles. The molecule has 2 heterocycles. The molecular weight excluding hydrogens is 202 g/mol. The van der Waals surface area contributed by atoms with Crippen LogP contribution in [0.2, 0.25) is 0 Å². The Morgan fingerprint density at radius 2 is 2.25 bits per heavy atom. The van der Waals surface area contributed by atoms with E-state index in [-0.39, 0.29) is 12.6 Å². The number of aliphatic hydroxyl groups is 1. The highest BCUT2D eigenvalue weighted by atomic mass is 16.3. The minimum Gasteiger partial charge on any atom is -0.394 e. The molecule has 0 saturated carbocycles. The fourth-order valence-corrected chi connectivity index (χ4v) is 1.62. The number of hydrogen-bond donors (Lipinski definition) is 1. The standard InChI is InChI=1S/C12H15N3O/c1-9-4-3-5-11(14-9)12-13-6-7-15(12)10(2)8-16/h3-7,10,16H,8H2,1-2H3. The van der Waals surface area contributed by atoms with Gasteiger partial charge < -0.3 is 9.67 Å². The molecule has 0 fully saturated rings. The first kappa shape index (κ1) is 10.8. The van der Waals surface area contributed by atoms with Crippen molar-refractivity contribution in [3.05, 3.63) is 36.3 Å². The predicted molar refractivity (Wildman–Crippen MR) is 62.0 cm³/mol. The van der Waals surface area contributed by atoms with E-state index in [1.165, 1.54) is 0 Å². The summed E-state index contributed by atoms with van der Waals surface area (Å²) in [5.41, 5.74) is 1.80. The van der Waals surface area contributed by atoms with Crippen LogP contribution in [0.3, 0.4) is 0 Å². The van der Waals surface area contributed by atoms with Gasteiger partial charge in [0.15, 0.2) is 5.82 Å². The Morgan fingerprint density at radius 1 is 1.44 bits per heavy atom. The third-order valence-electron chi connectivity index (χ3n) is 2.53. The first-order chi connectivity index (χ1) is 7.72. The van der Waals surface area contributed by atoms with Gasteiger partial charge in [-0.15, -0.1) is 0 Å². The summed E-state index contributed by atoms with van der Waals surface area (Å²) in [4.78, 5) is 8.71. The number of nitrogens with zero attached hydrogens (tertiary/aromatic N) is 3. The predicted octanol–water partition coefficient (Wildman–Crippen LogP) is 1.81. The van der Waals surface area contributed by atoms with Crippen molar-refractivity contribution in [3.63, 3.8) is 0 Å². The van der Waals surface area contributed by atoms with Gasteiger partial charge in [-0.05, 0) is 26.0 Å². The van der Waals surface area contributed by atoms with Crippen LogP contribution in [0.25, 0.3) is 11.5 Å². The summed E-state index contributed by atoms with van der Waals surface area (Å²) in [5.74, 6) is 0.797. The van der Waals surface area contributed by atoms with E-state index < -0.39 is 0 Å². The molecule has 0 aliphatic carbocycles. The number of imidazole rings is 1. The Morgan fingerprint density at radius 3 is 2.94 bits per heavy atom. The van der Waals surface area contributed by atoms with Crippen molar-refractivity contribution in [2.45, 2.75) is 19.9 Å². The summed E-state index contributed by atoms with van der Waals surface area (Å²) >= 11 is 0. The molecule has 1 unspecified atom stereocenters. The molecule has 4 nitrogen and oxygen atoms in total. The first-order valence-corrected chi connectivity index (χ1v) is 5.30. The van der Waals surface area contributed by atoms with Crippen LogP contribution in [-0.2, 0) is 0 Å². The fraction of sp³-hybridized carbons (Fsp3) is 0.333. The molecule has 0 bridgehead atoms. The minimum atomic E-state index is 0.0137. The lowest BCUT2D eigenvalue weighted by Crippen LogP contribution is -2.10. The second-order valence-electron chi connectivity index (χ2n) is 3.85. The lowest BCUT2D eigenvalue weighted by molar-refractivity contribution is 0.239. The van der Waals surface area contributed by atoms with Crippen molar-refractivity contribution < 1.29 is 5.11 Å². The van der Waals surface area contributed by atoms with Crippen molar-refractivity contribution in [2.75, 3.05) is 6.61 Å². The normalized spacial score (nSPS) is 12.7. The molecule has 4 heteroatoms. The van der Waals surface area contributed by atoms with E-state index in [9.17, 15) is 0 Å². The molecule has 0 aliphatic rings. The van der Waals surface area contributed by atoms with E-state index in [0.717, 1.165) is 17.2 Å². The van der Waals surface area contributed by atoms with Crippen molar-refractivity contribution in [2.24, 2.45) is 0 Å². The number of pyridine rings is 1. The largest absolute Gasteiger partial charge is 0.394 e. The molecule has 2 aromatic heterocycles. The summed E-state index contributed by atoms with van der Waals surface area (Å²) in [6, 6.07) is 5.85. The summed E-state index contributed by atoms with van der Waals surface area (Å²) in [6.07, 6.45) is 3.59. The highest BCUT2D eigenvalue weighted by Crippen LogP contribution is 2.19. The van der Waals surface area contributed by atoms with Crippen LogP contribution in [0.4, 0.5) is 0 Å². The summed E-state index contributed by atoms with van der Waals surface area (Å²) in [7, 11) is 0. The van der Waals surface area contributed by atoms with E-state index in [4.69, 9.17) is 5.11 Å². The van der Waals surface area contributed by atoms with Gasteiger partial charge in [-0.2, -0.15) is 0 Å². The second-order valence-corrected chi connectivity index (χ2v) is 3.85. The highest BCUT2D eigenvalue weighted by Gasteiger charge is 2.11. The molecule has 16 heavy (non-hydrogen) atoms. The van der Waals surface area contributed by atoms with Gasteiger partial charge in [0.2, 0.25) is 0 Å². The van der Waals surface area contributed by atoms with Gasteiger partial charge in [0.05, 0.1) is 12.6 Å². The molecule has 0 saturated heterocycles. The van der Waals surface area contributed by atoms with Gasteiger partial charge in [-0.25, -0.2) is 9.97 Å². The van der Waals surface area contributed by atoms with Crippen molar-refractivity contribution in [1.82, 2.24) is 14.5 Å². The number of aromatic nitrogens is 3. The van der Waals surface area contributed by atoms with Crippen LogP contribution in [0.15, 0.2) is 30.6 Å². The zero-order chi connectivity index (χ0) is 11.5. The van der Waals surface area contributed by atoms with Gasteiger partial charge in [0.1, 0.15) is 5.69 Å². The minimum absolute atomic E-state index is 0.0137. The smallest absolute Gasteiger partial charge is 0.158 e. The SMILES string of the molecule is Cc1cccc(-c2nccn2C(C)CO)n1. The van der Waals surface area contributed by atoms with E-state index in [0.29, 0.717) is 0 Å². The molecule has 0 spiro atoms. The molecule has 1 atom stereocenters. The molecule has 2 rings (SSSR count). The molecule has 0 radical (unpaired) electrons. The van der Waals surface area contributed by atoms with Gasteiger partial charge >= 0.3 is 0 Å². The van der Waals surface area contributed by atoms with Gasteiger partial charge in [-0.1, -0.05) is 6.07 Å². The summed E-state index contributed by atoms with van der Waals surface area (Å²) in [5, 5.41) is 9.16. The van der Waals surface area contributed by atoms with E-state index in [2.05, 4.69) is 9.97 Å². The average Bonchev–Trinajstić information content (AvgIpc) is 2.77. The Hall–Kier alpha value is -1.68. The monoisotopic (exact) mass is 217 g/mol. The fourth-order valence-electron chi connectivity index (χ4n) is 1.62. The Labute approximate surface area is 94.6 Å². The van der Waals surface area contributed by atoms with E-state index in [1.54, 1.807) is 6.20 Å². The maximum Gasteiger partial charge on any atom is 0.158 e. The lowest BCUT2D eigenvalue weighted by atomic mass is 10.3. The quantitative estimate of drug-likeness (QED) is 0.853. The van der Waals surface area contributed by atoms with Crippen LogP contribution in [-0.4, -0.2) is 26.2 Å². The zero-order valence-electron chi connectivity index (χ0n) is 9.46. The van der Waals surface area contributed by atoms with Crippen LogP contribution < -0.4 is 0 Å². The second kappa shape index (κ2) is 4.45. The van der Waals surface area contributed by atoms with Crippen molar-refractivity contribution in [3.8, 4) is 11.5 Å². The first-order valence-electron chi connectivity index (χ1n) is 5.30. The maximum absolute atomic E-state index is 9.16. The zero-order valence-corrected chi connectivity index (χ0v) is 9.46. The highest BCUT2D eigenvalue weighted by molar-refractivity contribution is 5.50. The third kappa shape index (κ3) is 1.97. The molecule has 84 valence electrons. The molecule has 0 amide bonds. The summed E-state index contributed by atoms with van der Waals surface area (Å²) < 4.78 is 1.93. The van der Waals surface area contributed by atoms with Crippen LogP contribution >= 0.6 is 0 Å². The molecular formula is C12H15N3O. The summed E-state index contributed by atoms with van der Waals surface area (Å²) in [6.45, 7) is 3.99. The number of aryl methyl sites for hydroxylation is 1. The van der Waals surface area contributed by atoms with Crippen molar-refractivity contribution >= 4 is 0 Å². The van der Waals surface area contributed by atoms with E-state index in [1.807, 2.05) is 42.8 Å². The van der Waals surface area contributed by atoms with Gasteiger partial charge in [0, 0.05) is 18.1 Å². The molecule has 1 N–H and O–H groups in total. The maximum atomic E-state index is 9.16. The van der Waals surface area contributed by atoms with Crippen molar-refractivity contribution in [1.29, 1.82) is 0 Å². The van der Waals surface area contributed by atoms with Crippen LogP contribution in [0.5, 0.6) is 0 Å². The molecule has 2 aromatic rings. The Kier molecular flexibility index (Phi) is 3.01. The Bertz CT molecular complexity index is 479. The number of hydrogen-bond acceptors (Lipinski definition) is 3. The third-order valence-corrected chi connectivity index (χ3v) is 2.53. The average molecular weight is 217 g/mol. The Balaban J connectivity index is 2.44. The lowest BCUT2D eigenvalue weighted by Gasteiger charge is -2.13. The van der Waals surface area contributed by atoms with Gasteiger partial charge in [-0.3, -0.25) is 0 Å². The van der Waals surface area contributed by atoms with Gasteiger partial charge in [0.25, 0.3) is 0 Å². The van der Waals surface area contributed by atoms with E-state index >= 15 is 0 Å². The number of aliphatic hydroxyl groups excluding tert-OH is 1. The van der Waals surface area contributed by atoms with Crippen LogP contribution in [0.1, 0.15) is 18.7 Å². The topological polar surface area (TPSA) is 50.9 Å². The molecule has 0 aromatic carbocycles.